The summed E-state index contributed by atoms with van der Waals surface area (Å²) in [5.41, 5.74) is 6.25. The smallest absolute Gasteiger partial charge is 0.279 e. The molecule has 7 amide bonds. The lowest BCUT2D eigenvalue weighted by atomic mass is 9.96. The van der Waals surface area contributed by atoms with E-state index in [-0.39, 0.29) is 42.9 Å². The van der Waals surface area contributed by atoms with Gasteiger partial charge in [0.25, 0.3) is 5.91 Å². The lowest BCUT2D eigenvalue weighted by Crippen LogP contribution is -2.97. The molecule has 3 heterocycles. The Kier molecular flexibility index (Phi) is 25.8. The number of nitrogens with two attached hydrogens (primary N) is 1. The van der Waals surface area contributed by atoms with Crippen LogP contribution < -0.4 is 48.3 Å². The number of carbonyl (C=O) groups excluding carboxylic acids is 7. The third-order valence-corrected chi connectivity index (χ3v) is 17.7. The molecule has 26 nitrogen and oxygen atoms in total. The van der Waals surface area contributed by atoms with Crippen molar-refractivity contribution in [3.8, 4) is 5.75 Å². The summed E-state index contributed by atoms with van der Waals surface area (Å²) in [7, 11) is 1.87. The molecule has 0 radical (unpaired) electrons. The molecule has 0 spiro atoms. The van der Waals surface area contributed by atoms with Crippen molar-refractivity contribution in [3.05, 3.63) is 99.3 Å². The number of phenolic OH excluding ortho intramolecular Hbond substituents is 1. The summed E-state index contributed by atoms with van der Waals surface area (Å²) in [6.07, 6.45) is -6.06. The lowest BCUT2D eigenvalue weighted by molar-refractivity contribution is -0.700. The Morgan fingerprint density at radius 3 is 2.15 bits per heavy atom. The Hall–Kier alpha value is -5.68. The van der Waals surface area contributed by atoms with E-state index in [1.165, 1.54) is 31.3 Å². The predicted octanol–water partition coefficient (Wildman–Crippen LogP) is -4.81. The number of benzene rings is 3. The first-order valence-electron chi connectivity index (χ1n) is 27.5. The van der Waals surface area contributed by atoms with Gasteiger partial charge in [0, 0.05) is 47.9 Å². The third kappa shape index (κ3) is 18.9. The van der Waals surface area contributed by atoms with Crippen LogP contribution in [0.3, 0.4) is 0 Å². The number of fused-ring (bicyclic) bond motifs is 1. The highest BCUT2D eigenvalue weighted by Crippen LogP contribution is 2.26. The Bertz CT molecular complexity index is 2880. The van der Waals surface area contributed by atoms with E-state index in [0.717, 1.165) is 21.6 Å². The van der Waals surface area contributed by atoms with Crippen LogP contribution in [0.1, 0.15) is 49.8 Å². The zero-order valence-electron chi connectivity index (χ0n) is 46.3. The Labute approximate surface area is 505 Å². The summed E-state index contributed by atoms with van der Waals surface area (Å²) in [6.45, 7) is 1.21. The molecule has 2 fully saturated rings. The molecule has 2 saturated heterocycles. The standard InChI is InChI=1S/C55H75IN10O16S2/c1-28(68)40(23-67)63-53(79)42-26-84-83-25-41(64-49(75)37(19-30-10-4-3-5-11-30)59-27-55(81)47(73)46(72)44(71)24-82-55)52(78)61-38(20-31-15-16-43(70)34(56)18-31)50(76)62-39(21-32-22-58-35-13-7-6-12-33(32)35)51(77)60-36(14-8-9-17-57)48(74)66-45(29(2)69)54(80)65-42/h3-7,10-13,15-16,18,22,28-29,36-42,44-47,58-59,67-73,81H,8-9,14,17,19-21,23-27,57H2,1-2H3,(H,60,77)(H,61,78)(H,62,76)(H,63,79)(H,64,75)(H,65,80)(H,66,74)/p+2/t28?,29?,36-,37?,38-,39+,40+,41?,42-,44?,45-,46+,47?,55?/m0/s1/i56-4. The number of aromatic nitrogens is 1. The molecule has 3 aromatic carbocycles. The molecule has 6 rings (SSSR count). The van der Waals surface area contributed by atoms with Crippen LogP contribution in [0.4, 0.5) is 0 Å². The maximum absolute atomic E-state index is 15.1. The van der Waals surface area contributed by atoms with Gasteiger partial charge in [0.05, 0.1) is 41.6 Å². The van der Waals surface area contributed by atoms with Gasteiger partial charge in [-0.3, -0.25) is 33.6 Å². The number of amides is 7. The maximum atomic E-state index is 15.1. The van der Waals surface area contributed by atoms with Crippen molar-refractivity contribution >= 4 is 96.4 Å². The number of phenols is 1. The van der Waals surface area contributed by atoms with Crippen LogP contribution in [0.15, 0.2) is 79.0 Å². The molecule has 0 bridgehead atoms. The van der Waals surface area contributed by atoms with E-state index in [1.54, 1.807) is 54.7 Å². The second kappa shape index (κ2) is 32.2. The molecule has 21 N–H and O–H groups in total. The van der Waals surface area contributed by atoms with Gasteiger partial charge >= 0.3 is 0 Å². The molecular formula is C55H77IN10O16S2+2. The number of para-hydroxylation sites is 1. The molecule has 84 heavy (non-hydrogen) atoms. The molecule has 29 heteroatoms. The number of hydrogen-bond donors (Lipinski definition) is 18. The minimum atomic E-state index is -2.45. The monoisotopic (exact) mass is 1320 g/mol. The van der Waals surface area contributed by atoms with Crippen LogP contribution in [-0.2, 0) is 57.6 Å². The molecule has 7 unspecified atom stereocenters. The highest BCUT2D eigenvalue weighted by atomic mass is 123. The van der Waals surface area contributed by atoms with E-state index in [0.29, 0.717) is 50.5 Å². The molecular weight excluding hydrogens is 1240 g/mol. The third-order valence-electron chi connectivity index (χ3n) is 14.4. The van der Waals surface area contributed by atoms with Gasteiger partial charge in [0.1, 0.15) is 66.9 Å². The van der Waals surface area contributed by atoms with Gasteiger partial charge in [0.2, 0.25) is 41.2 Å². The van der Waals surface area contributed by atoms with Crippen LogP contribution in [0.5, 0.6) is 5.75 Å². The Morgan fingerprint density at radius 1 is 0.821 bits per heavy atom. The average Bonchev–Trinajstić information content (AvgIpc) is 3.97. The summed E-state index contributed by atoms with van der Waals surface area (Å²) >= 11 is 1.90. The lowest BCUT2D eigenvalue weighted by Gasteiger charge is -2.40. The first-order chi connectivity index (χ1) is 40.0. The van der Waals surface area contributed by atoms with Gasteiger partial charge in [-0.25, -0.2) is 0 Å². The number of nitrogens with one attached hydrogen (secondary N) is 8. The number of halogens is 1. The van der Waals surface area contributed by atoms with Crippen molar-refractivity contribution in [1.82, 2.24) is 42.2 Å². The topological polar surface area (TPSA) is 435 Å². The number of quaternary nitrogens is 2. The van der Waals surface area contributed by atoms with Crippen molar-refractivity contribution in [2.24, 2.45) is 0 Å². The fourth-order valence-electron chi connectivity index (χ4n) is 9.40. The van der Waals surface area contributed by atoms with Gasteiger partial charge in [-0.1, -0.05) is 76.2 Å². The number of aromatic amines is 1. The highest BCUT2D eigenvalue weighted by Gasteiger charge is 2.50. The van der Waals surface area contributed by atoms with Crippen LogP contribution >= 0.6 is 44.2 Å². The number of aliphatic hydroxyl groups is 7. The average molecular weight is 1320 g/mol. The minimum absolute atomic E-state index is 0.00882. The van der Waals surface area contributed by atoms with E-state index >= 15 is 9.59 Å². The van der Waals surface area contributed by atoms with Gasteiger partial charge in [-0.05, 0) is 90.6 Å². The van der Waals surface area contributed by atoms with Crippen LogP contribution in [0.25, 0.3) is 10.9 Å². The van der Waals surface area contributed by atoms with E-state index in [2.05, 4.69) is 47.9 Å². The van der Waals surface area contributed by atoms with Gasteiger partial charge in [0.15, 0.2) is 6.04 Å². The quantitative estimate of drug-likeness (QED) is 0.0224. The summed E-state index contributed by atoms with van der Waals surface area (Å²) in [5.74, 6) is -9.42. The predicted molar refractivity (Wildman–Crippen MR) is 317 cm³/mol. The van der Waals surface area contributed by atoms with Gasteiger partial charge in [-0.15, -0.1) is 0 Å². The number of carbonyl (C=O) groups is 7. The van der Waals surface area contributed by atoms with Crippen LogP contribution in [0.2, 0.25) is 0 Å². The number of aliphatic hydroxyl groups excluding tert-OH is 6. The van der Waals surface area contributed by atoms with Gasteiger partial charge in [-0.2, -0.15) is 0 Å². The molecule has 2 aliphatic rings. The number of rotatable bonds is 20. The Morgan fingerprint density at radius 2 is 1.48 bits per heavy atom. The molecule has 2 aliphatic heterocycles. The fourth-order valence-corrected chi connectivity index (χ4v) is 12.3. The van der Waals surface area contributed by atoms with Crippen LogP contribution in [0, 0.1) is 3.57 Å². The largest absolute Gasteiger partial charge is 0.507 e. The van der Waals surface area contributed by atoms with Crippen molar-refractivity contribution < 1.29 is 90.2 Å². The highest BCUT2D eigenvalue weighted by molar-refractivity contribution is 14.1. The molecule has 0 aliphatic carbocycles. The van der Waals surface area contributed by atoms with Crippen molar-refractivity contribution in [3.63, 3.8) is 0 Å². The number of unbranched alkanes of at least 4 members (excludes halogenated alkanes) is 1. The first-order valence-corrected chi connectivity index (χ1v) is 31.0. The molecule has 0 saturated carbocycles. The molecule has 1 aromatic heterocycles. The second-order valence-corrected chi connectivity index (χ2v) is 24.7. The summed E-state index contributed by atoms with van der Waals surface area (Å²) in [5, 5.41) is 105. The van der Waals surface area contributed by atoms with Crippen LogP contribution in [-0.4, -0.2) is 210 Å². The maximum Gasteiger partial charge on any atom is 0.279 e. The molecule has 460 valence electrons. The van der Waals surface area contributed by atoms with E-state index in [4.69, 9.17) is 4.74 Å². The zero-order chi connectivity index (χ0) is 61.3. The van der Waals surface area contributed by atoms with E-state index in [9.17, 15) is 64.8 Å². The zero-order valence-corrected chi connectivity index (χ0v) is 50.1. The molecule has 14 atom stereocenters. The summed E-state index contributed by atoms with van der Waals surface area (Å²) < 4.78 is 5.79. The number of hydrogen-bond acceptors (Lipinski definition) is 18. The van der Waals surface area contributed by atoms with Crippen molar-refractivity contribution in [2.45, 2.75) is 137 Å². The fraction of sp³-hybridized carbons (Fsp3) is 0.509. The summed E-state index contributed by atoms with van der Waals surface area (Å²) in [6, 6.07) is 8.83. The SMILES string of the molecule is CC(O)[C@@H]1NC(=O)[C@H](CCCC[NH3+])NC(=O)[C@@H](Cc2c[nH]c3ccccc23)NC(=O)[C@H](Cc2ccc(O)c([123I])c2)NC(=O)C(NC(=O)C(Cc2ccccc2)[NH2+]CC2(O)OCC(O)[C@@H](O)C2O)CSSC[C@@H](C(=O)N[C@H](CO)C(C)O)NC1=O. The normalized spacial score (nSPS) is 26.7. The number of ether oxygens (including phenoxy) is 1. The minimum Gasteiger partial charge on any atom is -0.507 e. The number of aromatic hydroxyl groups is 1. The second-order valence-electron chi connectivity index (χ2n) is 20.9. The van der Waals surface area contributed by atoms with Crippen molar-refractivity contribution in [1.29, 1.82) is 0 Å². The Balaban J connectivity index is 1.43. The van der Waals surface area contributed by atoms with Crippen molar-refractivity contribution in [2.75, 3.05) is 37.8 Å². The first kappa shape index (κ1) is 67.4. The summed E-state index contributed by atoms with van der Waals surface area (Å²) in [4.78, 5) is 106. The van der Waals surface area contributed by atoms with E-state index in [1.807, 2.05) is 34.7 Å². The van der Waals surface area contributed by atoms with E-state index < -0.39 is 146 Å². The van der Waals surface area contributed by atoms with Gasteiger partial charge < -0.3 is 98.8 Å². The number of H-pyrrole nitrogens is 1. The molecule has 4 aromatic rings.